The van der Waals surface area contributed by atoms with Crippen LogP contribution in [0.25, 0.3) is 0 Å². The Morgan fingerprint density at radius 3 is 2.79 bits per heavy atom. The number of benzene rings is 1. The second-order valence-electron chi connectivity index (χ2n) is 8.06. The predicted molar refractivity (Wildman–Crippen MR) is 120 cm³/mol. The highest BCUT2D eigenvalue weighted by Gasteiger charge is 2.59. The van der Waals surface area contributed by atoms with Gasteiger partial charge >= 0.3 is 0 Å². The van der Waals surface area contributed by atoms with Gasteiger partial charge in [0, 0.05) is 37.2 Å². The molecule has 0 radical (unpaired) electrons. The number of H-pyrrole nitrogens is 1. The van der Waals surface area contributed by atoms with Crippen LogP contribution in [-0.4, -0.2) is 50.0 Å². The van der Waals surface area contributed by atoms with Crippen LogP contribution in [0.15, 0.2) is 61.2 Å². The fraction of sp³-hybridized carbons (Fsp3) is 0.292. The highest BCUT2D eigenvalue weighted by atomic mass is 16.3. The molecule has 2 atom stereocenters. The van der Waals surface area contributed by atoms with Gasteiger partial charge in [0.2, 0.25) is 11.8 Å². The van der Waals surface area contributed by atoms with Crippen molar-refractivity contribution in [3.63, 3.8) is 0 Å². The largest absolute Gasteiger partial charge is 0.483 e. The molecule has 1 spiro atoms. The van der Waals surface area contributed by atoms with Crippen molar-refractivity contribution in [2.45, 2.75) is 37.1 Å². The number of rotatable bonds is 5. The number of carbonyl (C=O) groups is 3. The number of aryl methyl sites for hydroxylation is 1. The Kier molecular flexibility index (Phi) is 6.48. The molecule has 33 heavy (non-hydrogen) atoms. The lowest BCUT2D eigenvalue weighted by molar-refractivity contribution is -0.133. The quantitative estimate of drug-likeness (QED) is 0.516. The molecule has 2 unspecified atom stereocenters. The van der Waals surface area contributed by atoms with Crippen LogP contribution < -0.4 is 5.32 Å². The van der Waals surface area contributed by atoms with Gasteiger partial charge in [-0.3, -0.25) is 24.5 Å². The molecule has 9 heteroatoms. The maximum atomic E-state index is 13.3. The van der Waals surface area contributed by atoms with Crippen LogP contribution >= 0.6 is 0 Å². The molecule has 4 heterocycles. The highest BCUT2D eigenvalue weighted by Crippen LogP contribution is 2.54. The summed E-state index contributed by atoms with van der Waals surface area (Å²) in [5.41, 5.74) is 3.02. The molecule has 170 valence electrons. The Bertz CT molecular complexity index is 1120. The molecule has 2 amide bonds. The number of hydrogen-bond donors (Lipinski definition) is 3. The van der Waals surface area contributed by atoms with Gasteiger partial charge in [-0.05, 0) is 48.1 Å². The molecule has 2 aromatic heterocycles. The summed E-state index contributed by atoms with van der Waals surface area (Å²) in [6.45, 7) is 0.297. The van der Waals surface area contributed by atoms with Gasteiger partial charge in [-0.25, -0.2) is 0 Å². The number of carboxylic acid groups (broad SMARTS) is 1. The normalized spacial score (nSPS) is 20.7. The van der Waals surface area contributed by atoms with E-state index in [2.05, 4.69) is 20.5 Å². The van der Waals surface area contributed by atoms with Gasteiger partial charge in [0.1, 0.15) is 5.41 Å². The van der Waals surface area contributed by atoms with Crippen LogP contribution in [0.5, 0.6) is 0 Å². The SMILES string of the molecule is O=C(CCCc1cn[nH]c1)N1CCC2(C(=O)Nc3ccccc32)C1c1cccnc1.O=CO. The topological polar surface area (TPSA) is 128 Å². The highest BCUT2D eigenvalue weighted by molar-refractivity contribution is 6.07. The standard InChI is InChI=1S/C23H23N5O2.CH2O2/c29-20(9-3-5-16-13-25-26-14-16)28-12-10-23(21(28)17-6-4-11-24-15-17)18-7-1-2-8-19(18)27-22(23)30;2-1-3/h1-2,4,6-8,11,13-15,21H,3,5,9-10,12H2,(H,25,26)(H,27,30);1H,(H,2,3). The van der Waals surface area contributed by atoms with E-state index in [1.165, 1.54) is 0 Å². The van der Waals surface area contributed by atoms with Crippen LogP contribution in [0.2, 0.25) is 0 Å². The average molecular weight is 447 g/mol. The number of nitrogens with zero attached hydrogens (tertiary/aromatic N) is 3. The fourth-order valence-corrected chi connectivity index (χ4v) is 4.96. The number of amides is 2. The first-order valence-corrected chi connectivity index (χ1v) is 10.8. The minimum atomic E-state index is -0.778. The number of hydrogen-bond acceptors (Lipinski definition) is 5. The van der Waals surface area contributed by atoms with E-state index in [-0.39, 0.29) is 24.3 Å². The molecule has 1 fully saturated rings. The molecule has 3 N–H and O–H groups in total. The van der Waals surface area contributed by atoms with Crippen molar-refractivity contribution in [2.75, 3.05) is 11.9 Å². The number of pyridine rings is 1. The first kappa shape index (κ1) is 22.2. The first-order chi connectivity index (χ1) is 16.1. The molecule has 0 saturated carbocycles. The van der Waals surface area contributed by atoms with E-state index >= 15 is 0 Å². The van der Waals surface area contributed by atoms with Crippen LogP contribution in [-0.2, 0) is 26.2 Å². The number of carbonyl (C=O) groups excluding carboxylic acids is 2. The maximum absolute atomic E-state index is 13.3. The minimum Gasteiger partial charge on any atom is -0.483 e. The van der Waals surface area contributed by atoms with Crippen LogP contribution in [0, 0.1) is 0 Å². The number of likely N-dealkylation sites (tertiary alicyclic amines) is 1. The second-order valence-corrected chi connectivity index (χ2v) is 8.06. The van der Waals surface area contributed by atoms with Crippen LogP contribution in [0.4, 0.5) is 5.69 Å². The third-order valence-corrected chi connectivity index (χ3v) is 6.32. The first-order valence-electron chi connectivity index (χ1n) is 10.8. The Balaban J connectivity index is 0.000000821. The van der Waals surface area contributed by atoms with Crippen LogP contribution in [0.1, 0.15) is 42.0 Å². The van der Waals surface area contributed by atoms with Gasteiger partial charge in [-0.15, -0.1) is 0 Å². The molecule has 0 aliphatic carbocycles. The maximum Gasteiger partial charge on any atom is 0.290 e. The zero-order chi connectivity index (χ0) is 23.3. The van der Waals surface area contributed by atoms with Crippen molar-refractivity contribution >= 4 is 24.0 Å². The molecule has 5 rings (SSSR count). The van der Waals surface area contributed by atoms with Crippen molar-refractivity contribution in [1.29, 1.82) is 0 Å². The summed E-state index contributed by atoms with van der Waals surface area (Å²) >= 11 is 0. The zero-order valence-electron chi connectivity index (χ0n) is 18.0. The van der Waals surface area contributed by atoms with Gasteiger partial charge in [0.05, 0.1) is 12.2 Å². The lowest BCUT2D eigenvalue weighted by Gasteiger charge is -2.34. The van der Waals surface area contributed by atoms with Crippen molar-refractivity contribution in [1.82, 2.24) is 20.1 Å². The van der Waals surface area contributed by atoms with E-state index < -0.39 is 5.41 Å². The molecule has 9 nitrogen and oxygen atoms in total. The van der Waals surface area contributed by atoms with Crippen molar-refractivity contribution in [2.24, 2.45) is 0 Å². The third-order valence-electron chi connectivity index (χ3n) is 6.32. The van der Waals surface area contributed by atoms with Gasteiger partial charge in [0.25, 0.3) is 6.47 Å². The molecular weight excluding hydrogens is 422 g/mol. The number of anilines is 1. The fourth-order valence-electron chi connectivity index (χ4n) is 4.96. The minimum absolute atomic E-state index is 0.0359. The van der Waals surface area contributed by atoms with Gasteiger partial charge in [-0.1, -0.05) is 24.3 Å². The summed E-state index contributed by atoms with van der Waals surface area (Å²) in [6, 6.07) is 11.3. The number of aromatic amines is 1. The average Bonchev–Trinajstić information content (AvgIpc) is 3.55. The molecule has 1 aromatic carbocycles. The summed E-state index contributed by atoms with van der Waals surface area (Å²) in [6.07, 6.45) is 9.69. The summed E-state index contributed by atoms with van der Waals surface area (Å²) in [4.78, 5) is 41.1. The Morgan fingerprint density at radius 2 is 2.06 bits per heavy atom. The summed E-state index contributed by atoms with van der Waals surface area (Å²) in [5.74, 6) is 0.0349. The molecule has 1 saturated heterocycles. The van der Waals surface area contributed by atoms with E-state index in [0.29, 0.717) is 19.4 Å². The van der Waals surface area contributed by atoms with Gasteiger partial charge in [0.15, 0.2) is 0 Å². The second kappa shape index (κ2) is 9.64. The molecule has 2 aliphatic rings. The summed E-state index contributed by atoms with van der Waals surface area (Å²) in [5, 5.41) is 16.7. The predicted octanol–water partition coefficient (Wildman–Crippen LogP) is 2.69. The smallest absolute Gasteiger partial charge is 0.290 e. The summed E-state index contributed by atoms with van der Waals surface area (Å²) < 4.78 is 0. The van der Waals surface area contributed by atoms with Crippen molar-refractivity contribution < 1.29 is 19.5 Å². The monoisotopic (exact) mass is 447 g/mol. The van der Waals surface area contributed by atoms with Crippen molar-refractivity contribution in [3.8, 4) is 0 Å². The van der Waals surface area contributed by atoms with E-state index in [4.69, 9.17) is 9.90 Å². The van der Waals surface area contributed by atoms with Gasteiger partial charge in [-0.2, -0.15) is 5.10 Å². The van der Waals surface area contributed by atoms with Gasteiger partial charge < -0.3 is 15.3 Å². The number of nitrogens with one attached hydrogen (secondary N) is 2. The zero-order valence-corrected chi connectivity index (χ0v) is 18.0. The van der Waals surface area contributed by atoms with Crippen LogP contribution in [0.3, 0.4) is 0 Å². The Morgan fingerprint density at radius 1 is 1.24 bits per heavy atom. The molecule has 0 bridgehead atoms. The number of aromatic nitrogens is 3. The Hall–Kier alpha value is -4.01. The lowest BCUT2D eigenvalue weighted by atomic mass is 9.73. The third kappa shape index (κ3) is 4.09. The van der Waals surface area contributed by atoms with E-state index in [0.717, 1.165) is 35.2 Å². The van der Waals surface area contributed by atoms with E-state index in [1.807, 2.05) is 47.5 Å². The van der Waals surface area contributed by atoms with E-state index in [1.54, 1.807) is 18.6 Å². The molecule has 3 aromatic rings. The number of para-hydroxylation sites is 1. The molecule has 2 aliphatic heterocycles. The number of fused-ring (bicyclic) bond motifs is 2. The lowest BCUT2D eigenvalue weighted by Crippen LogP contribution is -2.42. The Labute approximate surface area is 190 Å². The van der Waals surface area contributed by atoms with E-state index in [9.17, 15) is 9.59 Å². The van der Waals surface area contributed by atoms with Crippen molar-refractivity contribution in [3.05, 3.63) is 77.9 Å². The summed E-state index contributed by atoms with van der Waals surface area (Å²) in [7, 11) is 0. The molecular formula is C24H25N5O4.